The second kappa shape index (κ2) is 6.59. The van der Waals surface area contributed by atoms with E-state index in [0.29, 0.717) is 12.2 Å². The van der Waals surface area contributed by atoms with Crippen LogP contribution < -0.4 is 0 Å². The summed E-state index contributed by atoms with van der Waals surface area (Å²) >= 11 is 0. The molecule has 0 aliphatic heterocycles. The quantitative estimate of drug-likeness (QED) is 0.533. The van der Waals surface area contributed by atoms with Crippen molar-refractivity contribution in [3.63, 3.8) is 0 Å². The number of halogens is 3. The van der Waals surface area contributed by atoms with E-state index in [1.54, 1.807) is 6.92 Å². The maximum atomic E-state index is 12.4. The zero-order valence-electron chi connectivity index (χ0n) is 12.3. The Morgan fingerprint density at radius 3 is 2.10 bits per heavy atom. The number of hydrogen-bond acceptors (Lipinski definition) is 2. The SMILES string of the molecule is CCC(C)(C)COOC(C)c1ccc(C(F)(F)F)cc1. The summed E-state index contributed by atoms with van der Waals surface area (Å²) in [6.07, 6.45) is -3.78. The molecule has 0 aliphatic rings. The average Bonchev–Trinajstić information content (AvgIpc) is 2.37. The standard InChI is InChI=1S/C15H21F3O2/c1-5-14(3,4)10-19-20-11(2)12-6-8-13(9-7-12)15(16,17)18/h6-9,11H,5,10H2,1-4H3. The molecule has 0 N–H and O–H groups in total. The lowest BCUT2D eigenvalue weighted by Gasteiger charge is -2.22. The van der Waals surface area contributed by atoms with E-state index in [9.17, 15) is 13.2 Å². The zero-order chi connectivity index (χ0) is 15.4. The molecule has 114 valence electrons. The van der Waals surface area contributed by atoms with Gasteiger partial charge in [0.15, 0.2) is 0 Å². The van der Waals surface area contributed by atoms with Crippen molar-refractivity contribution in [2.45, 2.75) is 46.4 Å². The number of rotatable bonds is 6. The van der Waals surface area contributed by atoms with Gasteiger partial charge in [-0.25, -0.2) is 9.78 Å². The highest BCUT2D eigenvalue weighted by Crippen LogP contribution is 2.30. The van der Waals surface area contributed by atoms with Gasteiger partial charge in [-0.1, -0.05) is 32.9 Å². The highest BCUT2D eigenvalue weighted by atomic mass is 19.4. The molecule has 20 heavy (non-hydrogen) atoms. The van der Waals surface area contributed by atoms with Gasteiger partial charge in [0.05, 0.1) is 12.2 Å². The van der Waals surface area contributed by atoms with Crippen molar-refractivity contribution in [1.29, 1.82) is 0 Å². The monoisotopic (exact) mass is 290 g/mol. The summed E-state index contributed by atoms with van der Waals surface area (Å²) in [6, 6.07) is 4.90. The third kappa shape index (κ3) is 5.13. The van der Waals surface area contributed by atoms with Crippen molar-refractivity contribution in [3.05, 3.63) is 35.4 Å². The highest BCUT2D eigenvalue weighted by Gasteiger charge is 2.30. The van der Waals surface area contributed by atoms with Crippen LogP contribution in [0.1, 0.15) is 51.3 Å². The van der Waals surface area contributed by atoms with Crippen molar-refractivity contribution in [3.8, 4) is 0 Å². The van der Waals surface area contributed by atoms with Gasteiger partial charge in [0.1, 0.15) is 6.10 Å². The molecule has 0 aliphatic carbocycles. The van der Waals surface area contributed by atoms with Gasteiger partial charge in [-0.2, -0.15) is 13.2 Å². The van der Waals surface area contributed by atoms with Crippen LogP contribution in [0.3, 0.4) is 0 Å². The number of alkyl halides is 3. The van der Waals surface area contributed by atoms with Crippen molar-refractivity contribution >= 4 is 0 Å². The minimum Gasteiger partial charge on any atom is -0.236 e. The predicted octanol–water partition coefficient (Wildman–Crippen LogP) is 5.15. The van der Waals surface area contributed by atoms with E-state index in [0.717, 1.165) is 18.6 Å². The van der Waals surface area contributed by atoms with Crippen LogP contribution in [0.15, 0.2) is 24.3 Å². The van der Waals surface area contributed by atoms with E-state index in [1.165, 1.54) is 12.1 Å². The summed E-state index contributed by atoms with van der Waals surface area (Å²) in [4.78, 5) is 10.4. The first-order chi connectivity index (χ1) is 9.15. The van der Waals surface area contributed by atoms with Crippen LogP contribution in [-0.2, 0) is 16.0 Å². The molecule has 0 saturated heterocycles. The molecule has 0 heterocycles. The van der Waals surface area contributed by atoms with Gasteiger partial charge in [-0.15, -0.1) is 0 Å². The molecule has 1 atom stereocenters. The topological polar surface area (TPSA) is 18.5 Å². The van der Waals surface area contributed by atoms with Crippen LogP contribution in [0.25, 0.3) is 0 Å². The van der Waals surface area contributed by atoms with Crippen molar-refractivity contribution in [1.82, 2.24) is 0 Å². The molecule has 1 rings (SSSR count). The molecule has 0 aromatic heterocycles. The third-order valence-corrected chi connectivity index (χ3v) is 3.33. The molecule has 0 amide bonds. The van der Waals surface area contributed by atoms with Gasteiger partial charge in [0, 0.05) is 0 Å². The fourth-order valence-corrected chi connectivity index (χ4v) is 1.40. The van der Waals surface area contributed by atoms with Gasteiger partial charge < -0.3 is 0 Å². The Balaban J connectivity index is 2.54. The molecule has 0 radical (unpaired) electrons. The first-order valence-electron chi connectivity index (χ1n) is 6.61. The Morgan fingerprint density at radius 1 is 1.10 bits per heavy atom. The fraction of sp³-hybridized carbons (Fsp3) is 0.600. The van der Waals surface area contributed by atoms with E-state index >= 15 is 0 Å². The first kappa shape index (κ1) is 17.0. The molecule has 0 fully saturated rings. The second-order valence-electron chi connectivity index (χ2n) is 5.64. The Hall–Kier alpha value is -1.07. The lowest BCUT2D eigenvalue weighted by Crippen LogP contribution is -2.18. The van der Waals surface area contributed by atoms with Crippen LogP contribution >= 0.6 is 0 Å². The Labute approximate surface area is 117 Å². The van der Waals surface area contributed by atoms with Crippen molar-refractivity contribution in [2.75, 3.05) is 6.61 Å². The summed E-state index contributed by atoms with van der Waals surface area (Å²) in [5.74, 6) is 0. The van der Waals surface area contributed by atoms with Crippen LogP contribution in [-0.4, -0.2) is 6.61 Å². The van der Waals surface area contributed by atoms with E-state index < -0.39 is 17.8 Å². The van der Waals surface area contributed by atoms with E-state index in [4.69, 9.17) is 9.78 Å². The number of benzene rings is 1. The summed E-state index contributed by atoms with van der Waals surface area (Å²) in [5.41, 5.74) is -0.00589. The van der Waals surface area contributed by atoms with Gasteiger partial charge in [0.25, 0.3) is 0 Å². The summed E-state index contributed by atoms with van der Waals surface area (Å²) in [5, 5.41) is 0. The van der Waals surface area contributed by atoms with Gasteiger partial charge in [-0.05, 0) is 36.5 Å². The highest BCUT2D eigenvalue weighted by molar-refractivity contribution is 5.25. The molecule has 0 bridgehead atoms. The summed E-state index contributed by atoms with van der Waals surface area (Å²) < 4.78 is 37.3. The van der Waals surface area contributed by atoms with Gasteiger partial charge >= 0.3 is 6.18 Å². The molecule has 1 unspecified atom stereocenters. The lowest BCUT2D eigenvalue weighted by molar-refractivity contribution is -0.335. The van der Waals surface area contributed by atoms with Gasteiger partial charge in [0.2, 0.25) is 0 Å². The number of hydrogen-bond donors (Lipinski definition) is 0. The molecule has 1 aromatic rings. The van der Waals surface area contributed by atoms with Gasteiger partial charge in [-0.3, -0.25) is 0 Å². The third-order valence-electron chi connectivity index (χ3n) is 3.33. The molecule has 2 nitrogen and oxygen atoms in total. The van der Waals surface area contributed by atoms with E-state index in [-0.39, 0.29) is 5.41 Å². The first-order valence-corrected chi connectivity index (χ1v) is 6.61. The Bertz CT molecular complexity index is 410. The van der Waals surface area contributed by atoms with Crippen LogP contribution in [0.4, 0.5) is 13.2 Å². The molecule has 5 heteroatoms. The smallest absolute Gasteiger partial charge is 0.236 e. The average molecular weight is 290 g/mol. The molecule has 0 saturated carbocycles. The zero-order valence-corrected chi connectivity index (χ0v) is 12.3. The second-order valence-corrected chi connectivity index (χ2v) is 5.64. The normalized spacial score (nSPS) is 14.3. The predicted molar refractivity (Wildman–Crippen MR) is 71.0 cm³/mol. The maximum Gasteiger partial charge on any atom is 0.416 e. The minimum absolute atomic E-state index is 0.0138. The maximum absolute atomic E-state index is 12.4. The fourth-order valence-electron chi connectivity index (χ4n) is 1.40. The van der Waals surface area contributed by atoms with E-state index in [2.05, 4.69) is 20.8 Å². The van der Waals surface area contributed by atoms with E-state index in [1.807, 2.05) is 0 Å². The molecule has 0 spiro atoms. The molecule has 1 aromatic carbocycles. The summed E-state index contributed by atoms with van der Waals surface area (Å²) in [7, 11) is 0. The van der Waals surface area contributed by atoms with Crippen LogP contribution in [0, 0.1) is 5.41 Å². The minimum atomic E-state index is -4.32. The lowest BCUT2D eigenvalue weighted by atomic mass is 9.92. The molecular weight excluding hydrogens is 269 g/mol. The largest absolute Gasteiger partial charge is 0.416 e. The van der Waals surface area contributed by atoms with Crippen molar-refractivity contribution in [2.24, 2.45) is 5.41 Å². The van der Waals surface area contributed by atoms with Crippen LogP contribution in [0.2, 0.25) is 0 Å². The van der Waals surface area contributed by atoms with Crippen molar-refractivity contribution < 1.29 is 22.9 Å². The summed E-state index contributed by atoms with van der Waals surface area (Å²) in [6.45, 7) is 8.34. The Morgan fingerprint density at radius 2 is 1.65 bits per heavy atom. The Kier molecular flexibility index (Phi) is 5.59. The van der Waals surface area contributed by atoms with Crippen LogP contribution in [0.5, 0.6) is 0 Å². The molecular formula is C15H21F3O2.